The normalized spacial score (nSPS) is 12.8. The molecular weight excluding hydrogens is 156 g/mol. The minimum absolute atomic E-state index is 0.0454. The molecule has 66 valence electrons. The molecule has 0 aliphatic heterocycles. The van der Waals surface area contributed by atoms with Crippen molar-refractivity contribution >= 4 is 0 Å². The van der Waals surface area contributed by atoms with Gasteiger partial charge in [0.1, 0.15) is 5.75 Å². The van der Waals surface area contributed by atoms with Crippen molar-refractivity contribution in [3.63, 3.8) is 0 Å². The standard InChI is InChI=1S/C8H12N2O2/c9-7(3-4-11)8-2-1-6(12)5-10-8/h1-2,5,7,11-12H,3-4,9H2/t7-/m0/s1. The topological polar surface area (TPSA) is 79.4 Å². The molecule has 12 heavy (non-hydrogen) atoms. The van der Waals surface area contributed by atoms with Crippen LogP contribution in [0.1, 0.15) is 18.2 Å². The van der Waals surface area contributed by atoms with Crippen molar-refractivity contribution in [1.82, 2.24) is 4.98 Å². The minimum Gasteiger partial charge on any atom is -0.506 e. The first-order valence-corrected chi connectivity index (χ1v) is 3.75. The SMILES string of the molecule is N[C@@H](CCO)c1ccc(O)cn1. The molecule has 0 bridgehead atoms. The second-order valence-corrected chi connectivity index (χ2v) is 2.56. The Morgan fingerprint density at radius 1 is 1.50 bits per heavy atom. The van der Waals surface area contributed by atoms with Crippen molar-refractivity contribution in [3.05, 3.63) is 24.0 Å². The molecule has 0 spiro atoms. The zero-order valence-corrected chi connectivity index (χ0v) is 6.64. The third kappa shape index (κ3) is 2.18. The Bertz CT molecular complexity index is 235. The lowest BCUT2D eigenvalue weighted by molar-refractivity contribution is 0.275. The van der Waals surface area contributed by atoms with Crippen molar-refractivity contribution in [1.29, 1.82) is 0 Å². The van der Waals surface area contributed by atoms with Gasteiger partial charge in [-0.05, 0) is 18.6 Å². The van der Waals surface area contributed by atoms with Crippen LogP contribution in [0.2, 0.25) is 0 Å². The van der Waals surface area contributed by atoms with E-state index in [2.05, 4.69) is 4.98 Å². The van der Waals surface area contributed by atoms with Crippen LogP contribution in [0.25, 0.3) is 0 Å². The number of nitrogens with zero attached hydrogens (tertiary/aromatic N) is 1. The van der Waals surface area contributed by atoms with Gasteiger partial charge >= 0.3 is 0 Å². The smallest absolute Gasteiger partial charge is 0.133 e. The van der Waals surface area contributed by atoms with Gasteiger partial charge in [0.2, 0.25) is 0 Å². The van der Waals surface area contributed by atoms with E-state index in [0.717, 1.165) is 0 Å². The number of aliphatic hydroxyl groups excluding tert-OH is 1. The molecule has 1 atom stereocenters. The number of hydrogen-bond acceptors (Lipinski definition) is 4. The molecule has 0 saturated carbocycles. The monoisotopic (exact) mass is 168 g/mol. The van der Waals surface area contributed by atoms with Crippen LogP contribution in [0.3, 0.4) is 0 Å². The molecule has 0 aliphatic rings. The third-order valence-electron chi connectivity index (χ3n) is 1.59. The lowest BCUT2D eigenvalue weighted by atomic mass is 10.1. The first-order chi connectivity index (χ1) is 5.74. The van der Waals surface area contributed by atoms with E-state index in [9.17, 15) is 0 Å². The van der Waals surface area contributed by atoms with Crippen molar-refractivity contribution in [3.8, 4) is 5.75 Å². The van der Waals surface area contributed by atoms with Gasteiger partial charge in [-0.2, -0.15) is 0 Å². The second kappa shape index (κ2) is 4.04. The highest BCUT2D eigenvalue weighted by Gasteiger charge is 2.05. The molecule has 1 rings (SSSR count). The van der Waals surface area contributed by atoms with Crippen LogP contribution in [0, 0.1) is 0 Å². The fourth-order valence-corrected chi connectivity index (χ4v) is 0.904. The van der Waals surface area contributed by atoms with E-state index in [1.54, 1.807) is 6.07 Å². The molecular formula is C8H12N2O2. The quantitative estimate of drug-likeness (QED) is 0.601. The van der Waals surface area contributed by atoms with E-state index in [-0.39, 0.29) is 18.4 Å². The van der Waals surface area contributed by atoms with Gasteiger partial charge in [-0.3, -0.25) is 4.98 Å². The van der Waals surface area contributed by atoms with E-state index in [1.165, 1.54) is 12.3 Å². The average molecular weight is 168 g/mol. The Kier molecular flexibility index (Phi) is 3.01. The van der Waals surface area contributed by atoms with Crippen LogP contribution in [-0.2, 0) is 0 Å². The maximum atomic E-state index is 8.92. The number of aromatic nitrogens is 1. The van der Waals surface area contributed by atoms with Gasteiger partial charge in [0.25, 0.3) is 0 Å². The van der Waals surface area contributed by atoms with E-state index in [0.29, 0.717) is 12.1 Å². The van der Waals surface area contributed by atoms with Gasteiger partial charge in [-0.15, -0.1) is 0 Å². The Hall–Kier alpha value is -1.13. The molecule has 0 saturated heterocycles. The van der Waals surface area contributed by atoms with E-state index < -0.39 is 0 Å². The highest BCUT2D eigenvalue weighted by atomic mass is 16.3. The molecule has 1 aromatic rings. The summed E-state index contributed by atoms with van der Waals surface area (Å²) in [5, 5.41) is 17.5. The molecule has 0 aromatic carbocycles. The highest BCUT2D eigenvalue weighted by molar-refractivity contribution is 5.19. The summed E-state index contributed by atoms with van der Waals surface area (Å²) in [5.74, 6) is 0.120. The van der Waals surface area contributed by atoms with Crippen molar-refractivity contribution in [2.24, 2.45) is 5.73 Å². The largest absolute Gasteiger partial charge is 0.506 e. The van der Waals surface area contributed by atoms with Crippen LogP contribution >= 0.6 is 0 Å². The Labute approximate surface area is 70.7 Å². The summed E-state index contributed by atoms with van der Waals surface area (Å²) in [6.07, 6.45) is 1.82. The van der Waals surface area contributed by atoms with Crippen molar-refractivity contribution in [2.75, 3.05) is 6.61 Å². The third-order valence-corrected chi connectivity index (χ3v) is 1.59. The number of pyridine rings is 1. The van der Waals surface area contributed by atoms with Gasteiger partial charge in [-0.25, -0.2) is 0 Å². The molecule has 0 aliphatic carbocycles. The Morgan fingerprint density at radius 3 is 2.75 bits per heavy atom. The van der Waals surface area contributed by atoms with Crippen LogP contribution in [0.5, 0.6) is 5.75 Å². The first kappa shape index (κ1) is 8.96. The number of aliphatic hydroxyl groups is 1. The van der Waals surface area contributed by atoms with E-state index in [4.69, 9.17) is 15.9 Å². The minimum atomic E-state index is -0.254. The van der Waals surface area contributed by atoms with Crippen molar-refractivity contribution in [2.45, 2.75) is 12.5 Å². The molecule has 1 aromatic heterocycles. The first-order valence-electron chi connectivity index (χ1n) is 3.75. The maximum Gasteiger partial charge on any atom is 0.133 e. The Morgan fingerprint density at radius 2 is 2.25 bits per heavy atom. The van der Waals surface area contributed by atoms with Crippen LogP contribution in [0.15, 0.2) is 18.3 Å². The molecule has 0 fully saturated rings. The number of nitrogens with two attached hydrogens (primary N) is 1. The lowest BCUT2D eigenvalue weighted by Gasteiger charge is -2.08. The number of rotatable bonds is 3. The van der Waals surface area contributed by atoms with Gasteiger partial charge < -0.3 is 15.9 Å². The highest BCUT2D eigenvalue weighted by Crippen LogP contribution is 2.13. The molecule has 4 nitrogen and oxygen atoms in total. The Balaban J connectivity index is 2.68. The summed E-state index contributed by atoms with van der Waals surface area (Å²) in [4.78, 5) is 3.91. The molecule has 1 heterocycles. The van der Waals surface area contributed by atoms with Gasteiger partial charge in [0.05, 0.1) is 11.9 Å². The number of aromatic hydroxyl groups is 1. The summed E-state index contributed by atoms with van der Waals surface area (Å²) in [7, 11) is 0. The molecule has 0 radical (unpaired) electrons. The second-order valence-electron chi connectivity index (χ2n) is 2.56. The summed E-state index contributed by atoms with van der Waals surface area (Å²) >= 11 is 0. The number of hydrogen-bond donors (Lipinski definition) is 3. The maximum absolute atomic E-state index is 8.92. The summed E-state index contributed by atoms with van der Waals surface area (Å²) in [6.45, 7) is 0.0454. The van der Waals surface area contributed by atoms with Crippen LogP contribution < -0.4 is 5.73 Å². The van der Waals surface area contributed by atoms with E-state index >= 15 is 0 Å². The zero-order valence-electron chi connectivity index (χ0n) is 6.64. The molecule has 0 amide bonds. The fourth-order valence-electron chi connectivity index (χ4n) is 0.904. The van der Waals surface area contributed by atoms with E-state index in [1.807, 2.05) is 0 Å². The van der Waals surface area contributed by atoms with Crippen molar-refractivity contribution < 1.29 is 10.2 Å². The van der Waals surface area contributed by atoms with Gasteiger partial charge in [0, 0.05) is 12.6 Å². The van der Waals surface area contributed by atoms with Gasteiger partial charge in [-0.1, -0.05) is 0 Å². The predicted octanol–water partition coefficient (Wildman–Crippen LogP) is 0.169. The summed E-state index contributed by atoms with van der Waals surface area (Å²) < 4.78 is 0. The molecule has 0 unspecified atom stereocenters. The lowest BCUT2D eigenvalue weighted by Crippen LogP contribution is -2.13. The van der Waals surface area contributed by atoms with Gasteiger partial charge in [0.15, 0.2) is 0 Å². The zero-order chi connectivity index (χ0) is 8.97. The van der Waals surface area contributed by atoms with Crippen LogP contribution in [0.4, 0.5) is 0 Å². The van der Waals surface area contributed by atoms with Crippen LogP contribution in [-0.4, -0.2) is 21.8 Å². The summed E-state index contributed by atoms with van der Waals surface area (Å²) in [5.41, 5.74) is 6.33. The molecule has 4 N–H and O–H groups in total. The average Bonchev–Trinajstić information content (AvgIpc) is 2.06. The fraction of sp³-hybridized carbons (Fsp3) is 0.375. The predicted molar refractivity (Wildman–Crippen MR) is 44.5 cm³/mol. The summed E-state index contributed by atoms with van der Waals surface area (Å²) in [6, 6.07) is 2.92. The molecule has 4 heteroatoms.